The van der Waals surface area contributed by atoms with Crippen LogP contribution in [0.1, 0.15) is 79.1 Å². The molecule has 0 aliphatic heterocycles. The van der Waals surface area contributed by atoms with Crippen LogP contribution in [0, 0.1) is 10.8 Å². The van der Waals surface area contributed by atoms with Crippen LogP contribution in [0.5, 0.6) is 0 Å². The second-order valence-electron chi connectivity index (χ2n) is 8.52. The van der Waals surface area contributed by atoms with E-state index in [0.29, 0.717) is 5.11 Å². The third-order valence-electron chi connectivity index (χ3n) is 4.90. The first-order valence-electron chi connectivity index (χ1n) is 9.40. The molecule has 0 spiro atoms. The molecule has 0 aliphatic carbocycles. The largest absolute Gasteiger partial charge is 0.396 e. The molecule has 0 unspecified atom stereocenters. The van der Waals surface area contributed by atoms with Gasteiger partial charge in [0.05, 0.1) is 0 Å². The van der Waals surface area contributed by atoms with E-state index in [1.165, 1.54) is 0 Å². The number of aliphatic hydroxyl groups is 2. The molecule has 4 nitrogen and oxygen atoms in total. The number of aliphatic hydroxyl groups excluding tert-OH is 2. The highest BCUT2D eigenvalue weighted by molar-refractivity contribution is 7.80. The van der Waals surface area contributed by atoms with Gasteiger partial charge in [0.1, 0.15) is 0 Å². The monoisotopic (exact) mass is 360 g/mol. The van der Waals surface area contributed by atoms with Crippen molar-refractivity contribution in [2.75, 3.05) is 26.3 Å². The van der Waals surface area contributed by atoms with Crippen LogP contribution in [0.4, 0.5) is 0 Å². The molecule has 0 amide bonds. The third kappa shape index (κ3) is 12.0. The molecule has 144 valence electrons. The van der Waals surface area contributed by atoms with Crippen molar-refractivity contribution in [3.05, 3.63) is 0 Å². The summed E-state index contributed by atoms with van der Waals surface area (Å²) in [7, 11) is 0. The van der Waals surface area contributed by atoms with Crippen LogP contribution in [0.3, 0.4) is 0 Å². The van der Waals surface area contributed by atoms with Crippen molar-refractivity contribution in [2.24, 2.45) is 16.6 Å². The van der Waals surface area contributed by atoms with Crippen LogP contribution < -0.4 is 5.73 Å². The van der Waals surface area contributed by atoms with Crippen molar-refractivity contribution in [1.29, 1.82) is 0 Å². The fraction of sp³-hybridized carbons (Fsp3) is 0.947. The van der Waals surface area contributed by atoms with Gasteiger partial charge in [0, 0.05) is 26.3 Å². The number of hydrogen-bond acceptors (Lipinski definition) is 3. The number of nitrogens with two attached hydrogens (primary N) is 1. The Morgan fingerprint density at radius 3 is 1.42 bits per heavy atom. The van der Waals surface area contributed by atoms with Crippen molar-refractivity contribution >= 4 is 17.3 Å². The number of thiocarbonyl (C=S) groups is 1. The molecule has 0 aromatic rings. The maximum absolute atomic E-state index is 8.98. The fourth-order valence-corrected chi connectivity index (χ4v) is 3.38. The molecule has 0 aromatic heterocycles. The molecule has 0 heterocycles. The maximum Gasteiger partial charge on any atom is 0.166 e. The highest BCUT2D eigenvalue weighted by Gasteiger charge is 2.19. The Kier molecular flexibility index (Phi) is 11.8. The zero-order valence-electron chi connectivity index (χ0n) is 16.3. The van der Waals surface area contributed by atoms with Gasteiger partial charge in [0.25, 0.3) is 0 Å². The zero-order valence-corrected chi connectivity index (χ0v) is 17.1. The molecule has 24 heavy (non-hydrogen) atoms. The number of nitrogens with zero attached hydrogens (tertiary/aromatic N) is 1. The summed E-state index contributed by atoms with van der Waals surface area (Å²) in [5.74, 6) is 0. The minimum absolute atomic E-state index is 0.261. The smallest absolute Gasteiger partial charge is 0.166 e. The van der Waals surface area contributed by atoms with Gasteiger partial charge in [-0.3, -0.25) is 0 Å². The average molecular weight is 361 g/mol. The van der Waals surface area contributed by atoms with E-state index in [4.69, 9.17) is 28.2 Å². The van der Waals surface area contributed by atoms with Gasteiger partial charge in [-0.2, -0.15) is 0 Å². The van der Waals surface area contributed by atoms with E-state index in [-0.39, 0.29) is 24.0 Å². The van der Waals surface area contributed by atoms with Crippen molar-refractivity contribution in [1.82, 2.24) is 4.90 Å². The number of hydrogen-bond donors (Lipinski definition) is 3. The lowest BCUT2D eigenvalue weighted by molar-refractivity contribution is 0.217. The van der Waals surface area contributed by atoms with Crippen LogP contribution in [-0.4, -0.2) is 46.5 Å². The summed E-state index contributed by atoms with van der Waals surface area (Å²) in [5, 5.41) is 18.5. The summed E-state index contributed by atoms with van der Waals surface area (Å²) in [6, 6.07) is 0. The van der Waals surface area contributed by atoms with Gasteiger partial charge in [0.15, 0.2) is 5.11 Å². The predicted octanol–water partition coefficient (Wildman–Crippen LogP) is 3.69. The van der Waals surface area contributed by atoms with E-state index >= 15 is 0 Å². The van der Waals surface area contributed by atoms with Crippen LogP contribution in [0.15, 0.2) is 0 Å². The van der Waals surface area contributed by atoms with Gasteiger partial charge in [-0.25, -0.2) is 0 Å². The zero-order chi connectivity index (χ0) is 18.6. The Hall–Kier alpha value is -0.390. The molecule has 0 rings (SSSR count). The Labute approximate surface area is 154 Å². The second kappa shape index (κ2) is 12.0. The van der Waals surface area contributed by atoms with E-state index in [0.717, 1.165) is 64.5 Å². The summed E-state index contributed by atoms with van der Waals surface area (Å²) in [6.07, 6.45) is 8.23. The first kappa shape index (κ1) is 23.6. The molecule has 0 aliphatic rings. The predicted molar refractivity (Wildman–Crippen MR) is 107 cm³/mol. The lowest BCUT2D eigenvalue weighted by Crippen LogP contribution is -2.37. The topological polar surface area (TPSA) is 69.7 Å². The quantitative estimate of drug-likeness (QED) is 0.412. The summed E-state index contributed by atoms with van der Waals surface area (Å²) in [4.78, 5) is 2.12. The van der Waals surface area contributed by atoms with E-state index in [2.05, 4.69) is 32.6 Å². The first-order valence-corrected chi connectivity index (χ1v) is 9.80. The van der Waals surface area contributed by atoms with Crippen LogP contribution in [0.25, 0.3) is 0 Å². The highest BCUT2D eigenvalue weighted by Crippen LogP contribution is 2.29. The standard InChI is InChI=1S/C19H40N2O2S/c1-18(2,11-7-15-22)9-5-13-21(17(20)24)14-6-10-19(3,4)12-8-16-23/h22-23H,5-16H2,1-4H3,(H2,20,24). The lowest BCUT2D eigenvalue weighted by Gasteiger charge is -2.29. The number of rotatable bonds is 14. The molecule has 5 heteroatoms. The first-order chi connectivity index (χ1) is 11.1. The van der Waals surface area contributed by atoms with Gasteiger partial charge in [0.2, 0.25) is 0 Å². The summed E-state index contributed by atoms with van der Waals surface area (Å²) >= 11 is 5.21. The molecule has 4 N–H and O–H groups in total. The van der Waals surface area contributed by atoms with E-state index in [1.54, 1.807) is 0 Å². The van der Waals surface area contributed by atoms with Gasteiger partial charge < -0.3 is 20.8 Å². The Morgan fingerprint density at radius 2 is 1.12 bits per heavy atom. The second-order valence-corrected chi connectivity index (χ2v) is 8.93. The third-order valence-corrected chi connectivity index (χ3v) is 5.16. The highest BCUT2D eigenvalue weighted by atomic mass is 32.1. The van der Waals surface area contributed by atoms with Crippen molar-refractivity contribution in [3.63, 3.8) is 0 Å². The molecule has 0 bridgehead atoms. The van der Waals surface area contributed by atoms with Crippen molar-refractivity contribution in [3.8, 4) is 0 Å². The summed E-state index contributed by atoms with van der Waals surface area (Å²) < 4.78 is 0. The minimum Gasteiger partial charge on any atom is -0.396 e. The summed E-state index contributed by atoms with van der Waals surface area (Å²) in [5.41, 5.74) is 6.41. The Bertz CT molecular complexity index is 320. The fourth-order valence-electron chi connectivity index (χ4n) is 3.19. The SMILES string of the molecule is CC(C)(CCCO)CCCN(CCCC(C)(C)CCCO)C(N)=S. The van der Waals surface area contributed by atoms with Gasteiger partial charge in [-0.05, 0) is 74.4 Å². The molecule has 0 saturated heterocycles. The minimum atomic E-state index is 0.261. The van der Waals surface area contributed by atoms with Gasteiger partial charge >= 0.3 is 0 Å². The molecule has 0 aromatic carbocycles. The maximum atomic E-state index is 8.98. The molecule has 0 atom stereocenters. The molecule has 0 fully saturated rings. The lowest BCUT2D eigenvalue weighted by atomic mass is 9.83. The van der Waals surface area contributed by atoms with E-state index < -0.39 is 0 Å². The molecular formula is C19H40N2O2S. The van der Waals surface area contributed by atoms with Crippen LogP contribution >= 0.6 is 12.2 Å². The van der Waals surface area contributed by atoms with Gasteiger partial charge in [-0.15, -0.1) is 0 Å². The van der Waals surface area contributed by atoms with E-state index in [9.17, 15) is 0 Å². The van der Waals surface area contributed by atoms with Crippen molar-refractivity contribution in [2.45, 2.75) is 79.1 Å². The van der Waals surface area contributed by atoms with Crippen LogP contribution in [-0.2, 0) is 0 Å². The molecular weight excluding hydrogens is 320 g/mol. The van der Waals surface area contributed by atoms with Crippen LogP contribution in [0.2, 0.25) is 0 Å². The Balaban J connectivity index is 4.16. The molecule has 0 radical (unpaired) electrons. The van der Waals surface area contributed by atoms with E-state index in [1.807, 2.05) is 0 Å². The van der Waals surface area contributed by atoms with Crippen molar-refractivity contribution < 1.29 is 10.2 Å². The normalized spacial score (nSPS) is 12.4. The van der Waals surface area contributed by atoms with Gasteiger partial charge in [-0.1, -0.05) is 27.7 Å². The molecule has 0 saturated carbocycles. The average Bonchev–Trinajstić information content (AvgIpc) is 2.49. The summed E-state index contributed by atoms with van der Waals surface area (Å²) in [6.45, 7) is 11.4. The Morgan fingerprint density at radius 1 is 0.792 bits per heavy atom.